The molecule has 3 nitrogen and oxygen atoms in total. The molecule has 1 saturated heterocycles. The number of fused-ring (bicyclic) bond motifs is 6. The molecule has 3 heteroatoms. The molecule has 0 N–H and O–H groups in total. The van der Waals surface area contributed by atoms with Crippen molar-refractivity contribution >= 4 is 5.78 Å². The Labute approximate surface area is 153 Å². The molecular weight excluding hydrogens is 324 g/mol. The standard InChI is InChI=1S/C23H22O3/c24-17-9-15-11-23(12-16(15)10-17)25-13-22(14-26-23)20-7-3-1-5-18(20)19-6-2-4-8-21(19)22/h1-8,15-16H,9-14H2. The van der Waals surface area contributed by atoms with Crippen molar-refractivity contribution in [3.05, 3.63) is 59.7 Å². The number of Topliss-reactive ketones (excluding diaryl/α,β-unsaturated/α-hetero) is 1. The van der Waals surface area contributed by atoms with Crippen molar-refractivity contribution in [2.24, 2.45) is 11.8 Å². The lowest BCUT2D eigenvalue weighted by molar-refractivity contribution is -0.282. The second kappa shape index (κ2) is 5.05. The summed E-state index contributed by atoms with van der Waals surface area (Å²) in [6.07, 6.45) is 3.19. The summed E-state index contributed by atoms with van der Waals surface area (Å²) in [5.74, 6) is 0.869. The maximum Gasteiger partial charge on any atom is 0.168 e. The smallest absolute Gasteiger partial charge is 0.168 e. The zero-order valence-corrected chi connectivity index (χ0v) is 14.7. The molecule has 132 valence electrons. The maximum absolute atomic E-state index is 11.7. The van der Waals surface area contributed by atoms with Gasteiger partial charge in [-0.15, -0.1) is 0 Å². The topological polar surface area (TPSA) is 35.5 Å². The first-order valence-corrected chi connectivity index (χ1v) is 9.68. The number of ether oxygens (including phenoxy) is 2. The highest BCUT2D eigenvalue weighted by Crippen LogP contribution is 2.56. The number of benzene rings is 2. The average molecular weight is 346 g/mol. The zero-order chi connectivity index (χ0) is 17.4. The first kappa shape index (κ1) is 15.1. The summed E-state index contributed by atoms with van der Waals surface area (Å²) in [5.41, 5.74) is 5.06. The van der Waals surface area contributed by atoms with Gasteiger partial charge in [0.05, 0.1) is 18.6 Å². The third-order valence-electron chi connectivity index (χ3n) is 7.13. The number of ketones is 1. The van der Waals surface area contributed by atoms with Gasteiger partial charge in [-0.3, -0.25) is 4.79 Å². The average Bonchev–Trinajstić information content (AvgIpc) is 3.25. The van der Waals surface area contributed by atoms with Crippen LogP contribution in [-0.2, 0) is 19.7 Å². The van der Waals surface area contributed by atoms with Crippen LogP contribution >= 0.6 is 0 Å². The number of hydrogen-bond acceptors (Lipinski definition) is 3. The minimum Gasteiger partial charge on any atom is -0.349 e. The normalized spacial score (nSPS) is 29.8. The third-order valence-corrected chi connectivity index (χ3v) is 7.13. The number of hydrogen-bond donors (Lipinski definition) is 0. The quantitative estimate of drug-likeness (QED) is 0.721. The van der Waals surface area contributed by atoms with Crippen LogP contribution in [0.1, 0.15) is 36.8 Å². The predicted octanol–water partition coefficient (Wildman–Crippen LogP) is 4.09. The maximum atomic E-state index is 11.7. The van der Waals surface area contributed by atoms with E-state index in [1.165, 1.54) is 22.3 Å². The Morgan fingerprint density at radius 2 is 1.27 bits per heavy atom. The molecule has 2 atom stereocenters. The van der Waals surface area contributed by atoms with E-state index in [1.54, 1.807) is 0 Å². The van der Waals surface area contributed by atoms with Crippen molar-refractivity contribution in [1.82, 2.24) is 0 Å². The molecule has 2 spiro atoms. The summed E-state index contributed by atoms with van der Waals surface area (Å²) in [7, 11) is 0. The molecule has 26 heavy (non-hydrogen) atoms. The predicted molar refractivity (Wildman–Crippen MR) is 97.7 cm³/mol. The molecule has 2 aromatic carbocycles. The van der Waals surface area contributed by atoms with Gasteiger partial charge < -0.3 is 9.47 Å². The highest BCUT2D eigenvalue weighted by atomic mass is 16.7. The Morgan fingerprint density at radius 1 is 0.769 bits per heavy atom. The van der Waals surface area contributed by atoms with Crippen molar-refractivity contribution in [2.75, 3.05) is 13.2 Å². The zero-order valence-electron chi connectivity index (χ0n) is 14.7. The van der Waals surface area contributed by atoms with Gasteiger partial charge in [-0.25, -0.2) is 0 Å². The number of rotatable bonds is 0. The van der Waals surface area contributed by atoms with Gasteiger partial charge in [0.2, 0.25) is 0 Å². The summed E-state index contributed by atoms with van der Waals surface area (Å²) >= 11 is 0. The number of carbonyl (C=O) groups is 1. The molecule has 2 unspecified atom stereocenters. The largest absolute Gasteiger partial charge is 0.349 e. The van der Waals surface area contributed by atoms with E-state index in [0.717, 1.165) is 25.7 Å². The second-order valence-corrected chi connectivity index (χ2v) is 8.54. The fourth-order valence-electron chi connectivity index (χ4n) is 5.92. The second-order valence-electron chi connectivity index (χ2n) is 8.54. The van der Waals surface area contributed by atoms with Crippen molar-refractivity contribution < 1.29 is 14.3 Å². The van der Waals surface area contributed by atoms with E-state index in [-0.39, 0.29) is 5.41 Å². The van der Waals surface area contributed by atoms with E-state index < -0.39 is 5.79 Å². The van der Waals surface area contributed by atoms with Crippen LogP contribution in [0.4, 0.5) is 0 Å². The van der Waals surface area contributed by atoms with Gasteiger partial charge in [0, 0.05) is 25.7 Å². The van der Waals surface area contributed by atoms with Crippen molar-refractivity contribution in [3.63, 3.8) is 0 Å². The Balaban J connectivity index is 1.35. The molecule has 2 aromatic rings. The van der Waals surface area contributed by atoms with Gasteiger partial charge in [0.15, 0.2) is 5.79 Å². The van der Waals surface area contributed by atoms with Crippen molar-refractivity contribution in [2.45, 2.75) is 36.9 Å². The molecule has 1 heterocycles. The van der Waals surface area contributed by atoms with Crippen LogP contribution in [0, 0.1) is 11.8 Å². The van der Waals surface area contributed by atoms with Crippen LogP contribution in [0.5, 0.6) is 0 Å². The van der Waals surface area contributed by atoms with Gasteiger partial charge in [-0.2, -0.15) is 0 Å². The van der Waals surface area contributed by atoms with Crippen LogP contribution in [0.3, 0.4) is 0 Å². The van der Waals surface area contributed by atoms with E-state index in [9.17, 15) is 4.79 Å². The first-order chi connectivity index (χ1) is 12.7. The van der Waals surface area contributed by atoms with Crippen LogP contribution < -0.4 is 0 Å². The van der Waals surface area contributed by atoms with Crippen molar-refractivity contribution in [3.8, 4) is 11.1 Å². The fraction of sp³-hybridized carbons (Fsp3) is 0.435. The van der Waals surface area contributed by atoms with Gasteiger partial charge >= 0.3 is 0 Å². The van der Waals surface area contributed by atoms with E-state index in [4.69, 9.17) is 9.47 Å². The molecule has 0 amide bonds. The molecule has 0 radical (unpaired) electrons. The lowest BCUT2D eigenvalue weighted by Crippen LogP contribution is -2.51. The summed E-state index contributed by atoms with van der Waals surface area (Å²) in [5, 5.41) is 0. The lowest BCUT2D eigenvalue weighted by Gasteiger charge is -2.44. The molecule has 6 rings (SSSR count). The summed E-state index contributed by atoms with van der Waals surface area (Å²) in [6.45, 7) is 1.32. The highest BCUT2D eigenvalue weighted by Gasteiger charge is 2.56. The third kappa shape index (κ3) is 1.88. The van der Waals surface area contributed by atoms with Crippen LogP contribution in [-0.4, -0.2) is 24.8 Å². The monoisotopic (exact) mass is 346 g/mol. The van der Waals surface area contributed by atoms with E-state index in [2.05, 4.69) is 48.5 Å². The van der Waals surface area contributed by atoms with Crippen LogP contribution in [0.2, 0.25) is 0 Å². The van der Waals surface area contributed by atoms with Crippen LogP contribution in [0.15, 0.2) is 48.5 Å². The van der Waals surface area contributed by atoms with E-state index in [0.29, 0.717) is 30.8 Å². The molecule has 3 fully saturated rings. The molecule has 2 saturated carbocycles. The Bertz CT molecular complexity index is 842. The first-order valence-electron chi connectivity index (χ1n) is 9.68. The molecule has 0 aromatic heterocycles. The molecular formula is C23H22O3. The van der Waals surface area contributed by atoms with Gasteiger partial charge in [0.25, 0.3) is 0 Å². The molecule has 4 aliphatic rings. The Kier molecular flexibility index (Phi) is 2.94. The van der Waals surface area contributed by atoms with Gasteiger partial charge in [0.1, 0.15) is 5.78 Å². The summed E-state index contributed by atoms with van der Waals surface area (Å²) in [4.78, 5) is 11.7. The molecule has 0 bridgehead atoms. The van der Waals surface area contributed by atoms with E-state index in [1.807, 2.05) is 0 Å². The lowest BCUT2D eigenvalue weighted by atomic mass is 9.78. The summed E-state index contributed by atoms with van der Waals surface area (Å²) in [6, 6.07) is 17.3. The minimum absolute atomic E-state index is 0.202. The highest BCUT2D eigenvalue weighted by molar-refractivity contribution is 5.82. The molecule has 1 aliphatic heterocycles. The SMILES string of the molecule is O=C1CC2CC3(CC2C1)OCC1(CO3)c2ccccc2-c2ccccc21. The Hall–Kier alpha value is -1.97. The van der Waals surface area contributed by atoms with E-state index >= 15 is 0 Å². The fourth-order valence-corrected chi connectivity index (χ4v) is 5.92. The van der Waals surface area contributed by atoms with Crippen molar-refractivity contribution in [1.29, 1.82) is 0 Å². The van der Waals surface area contributed by atoms with Gasteiger partial charge in [-0.05, 0) is 34.1 Å². The van der Waals surface area contributed by atoms with Crippen LogP contribution in [0.25, 0.3) is 11.1 Å². The number of carbonyl (C=O) groups excluding carboxylic acids is 1. The van der Waals surface area contributed by atoms with Gasteiger partial charge in [-0.1, -0.05) is 48.5 Å². The summed E-state index contributed by atoms with van der Waals surface area (Å²) < 4.78 is 13.0. The Morgan fingerprint density at radius 3 is 1.81 bits per heavy atom. The molecule has 3 aliphatic carbocycles. The minimum atomic E-state index is -0.465.